The lowest BCUT2D eigenvalue weighted by atomic mass is 9.81. The van der Waals surface area contributed by atoms with E-state index in [1.165, 1.54) is 18.9 Å². The van der Waals surface area contributed by atoms with Crippen molar-refractivity contribution in [3.63, 3.8) is 0 Å². The molecule has 134 valence electrons. The quantitative estimate of drug-likeness (QED) is 0.700. The Labute approximate surface area is 143 Å². The molecule has 2 aliphatic rings. The minimum Gasteiger partial charge on any atom is -0.493 e. The van der Waals surface area contributed by atoms with Crippen molar-refractivity contribution >= 4 is 0 Å². The Morgan fingerprint density at radius 3 is 3.04 bits per heavy atom. The van der Waals surface area contributed by atoms with Crippen LogP contribution in [0.1, 0.15) is 51.0 Å². The lowest BCUT2D eigenvalue weighted by Crippen LogP contribution is -2.53. The zero-order valence-corrected chi connectivity index (χ0v) is 14.4. The lowest BCUT2D eigenvalue weighted by Gasteiger charge is -2.46. The fourth-order valence-electron chi connectivity index (χ4n) is 3.54. The molecule has 5 heteroatoms. The van der Waals surface area contributed by atoms with Crippen LogP contribution in [-0.4, -0.2) is 32.7 Å². The first-order chi connectivity index (χ1) is 11.8. The summed E-state index contributed by atoms with van der Waals surface area (Å²) < 4.78 is 37.4. The average molecular weight is 338 g/mol. The number of hydrogen-bond donors (Lipinski definition) is 0. The van der Waals surface area contributed by atoms with E-state index >= 15 is 0 Å². The van der Waals surface area contributed by atoms with Gasteiger partial charge in [-0.25, -0.2) is 4.39 Å². The second kappa shape index (κ2) is 8.28. The highest BCUT2D eigenvalue weighted by molar-refractivity contribution is 5.34. The van der Waals surface area contributed by atoms with Crippen molar-refractivity contribution in [3.8, 4) is 5.75 Å². The van der Waals surface area contributed by atoms with Gasteiger partial charge in [0.25, 0.3) is 0 Å². The Balaban J connectivity index is 1.69. The molecule has 0 saturated carbocycles. The molecular weight excluding hydrogens is 311 g/mol. The first-order valence-electron chi connectivity index (χ1n) is 9.02. The summed E-state index contributed by atoms with van der Waals surface area (Å²) in [6.45, 7) is 4.08. The predicted molar refractivity (Wildman–Crippen MR) is 88.6 cm³/mol. The van der Waals surface area contributed by atoms with Gasteiger partial charge in [-0.15, -0.1) is 0 Å². The Bertz CT molecular complexity index is 522. The number of rotatable bonds is 7. The molecule has 0 radical (unpaired) electrons. The second-order valence-corrected chi connectivity index (χ2v) is 6.54. The van der Waals surface area contributed by atoms with Gasteiger partial charge in [-0.1, -0.05) is 26.2 Å². The van der Waals surface area contributed by atoms with Gasteiger partial charge in [0.1, 0.15) is 30.1 Å². The van der Waals surface area contributed by atoms with Crippen LogP contribution in [0.5, 0.6) is 5.75 Å². The molecule has 0 bridgehead atoms. The van der Waals surface area contributed by atoms with Crippen molar-refractivity contribution in [1.29, 1.82) is 0 Å². The van der Waals surface area contributed by atoms with Gasteiger partial charge in [-0.2, -0.15) is 0 Å². The number of fused-ring (bicyclic) bond motifs is 1. The molecule has 0 amide bonds. The molecule has 0 N–H and O–H groups in total. The van der Waals surface area contributed by atoms with E-state index in [9.17, 15) is 4.39 Å². The number of ether oxygens (including phenoxy) is 4. The smallest absolute Gasteiger partial charge is 0.148 e. The maximum Gasteiger partial charge on any atom is 0.148 e. The SMILES string of the molecule is CCCCCCOc1ccc(C23CCCOC2COCO3)c(F)c1. The Morgan fingerprint density at radius 2 is 2.21 bits per heavy atom. The molecule has 0 aromatic heterocycles. The maximum atomic E-state index is 14.8. The third-order valence-electron chi connectivity index (χ3n) is 4.86. The number of halogens is 1. The summed E-state index contributed by atoms with van der Waals surface area (Å²) in [4.78, 5) is 0. The molecule has 2 unspecified atom stereocenters. The van der Waals surface area contributed by atoms with Crippen molar-refractivity contribution < 1.29 is 23.3 Å². The monoisotopic (exact) mass is 338 g/mol. The molecule has 2 saturated heterocycles. The Kier molecular flexibility index (Phi) is 6.09. The zero-order chi connectivity index (χ0) is 16.8. The van der Waals surface area contributed by atoms with Gasteiger partial charge in [-0.05, 0) is 31.4 Å². The van der Waals surface area contributed by atoms with Gasteiger partial charge in [0, 0.05) is 18.2 Å². The van der Waals surface area contributed by atoms with E-state index in [1.54, 1.807) is 6.07 Å². The molecule has 2 atom stereocenters. The summed E-state index contributed by atoms with van der Waals surface area (Å²) in [7, 11) is 0. The molecule has 0 spiro atoms. The summed E-state index contributed by atoms with van der Waals surface area (Å²) >= 11 is 0. The van der Waals surface area contributed by atoms with E-state index in [-0.39, 0.29) is 18.7 Å². The van der Waals surface area contributed by atoms with Gasteiger partial charge < -0.3 is 18.9 Å². The Hall–Kier alpha value is -1.17. The lowest BCUT2D eigenvalue weighted by molar-refractivity contribution is -0.283. The van der Waals surface area contributed by atoms with Crippen molar-refractivity contribution in [2.45, 2.75) is 57.2 Å². The van der Waals surface area contributed by atoms with E-state index in [1.807, 2.05) is 6.07 Å². The Morgan fingerprint density at radius 1 is 1.29 bits per heavy atom. The van der Waals surface area contributed by atoms with Crippen LogP contribution in [0.4, 0.5) is 4.39 Å². The molecule has 4 nitrogen and oxygen atoms in total. The van der Waals surface area contributed by atoms with Crippen molar-refractivity contribution in [3.05, 3.63) is 29.6 Å². The van der Waals surface area contributed by atoms with Crippen LogP contribution in [0.15, 0.2) is 18.2 Å². The van der Waals surface area contributed by atoms with E-state index in [2.05, 4.69) is 6.92 Å². The highest BCUT2D eigenvalue weighted by Gasteiger charge is 2.48. The highest BCUT2D eigenvalue weighted by Crippen LogP contribution is 2.43. The highest BCUT2D eigenvalue weighted by atomic mass is 19.1. The summed E-state index contributed by atoms with van der Waals surface area (Å²) in [6.07, 6.45) is 5.89. The first-order valence-corrected chi connectivity index (χ1v) is 9.02. The predicted octanol–water partition coefficient (Wildman–Crippen LogP) is 4.16. The molecule has 2 heterocycles. The molecule has 2 fully saturated rings. The van der Waals surface area contributed by atoms with Crippen LogP contribution in [0.3, 0.4) is 0 Å². The standard InChI is InChI=1S/C19H27FO4/c1-2-3-4-5-10-22-15-7-8-16(17(20)12-15)19-9-6-11-23-18(19)13-21-14-24-19/h7-8,12,18H,2-6,9-11,13-14H2,1H3. The fourth-order valence-corrected chi connectivity index (χ4v) is 3.54. The van der Waals surface area contributed by atoms with Gasteiger partial charge in [0.2, 0.25) is 0 Å². The molecule has 3 rings (SSSR count). The topological polar surface area (TPSA) is 36.9 Å². The molecule has 24 heavy (non-hydrogen) atoms. The summed E-state index contributed by atoms with van der Waals surface area (Å²) in [5.74, 6) is 0.281. The van der Waals surface area contributed by atoms with Gasteiger partial charge in [0.05, 0.1) is 13.2 Å². The number of benzene rings is 1. The largest absolute Gasteiger partial charge is 0.493 e. The van der Waals surface area contributed by atoms with Crippen LogP contribution in [0.25, 0.3) is 0 Å². The first kappa shape index (κ1) is 17.6. The molecular formula is C19H27FO4. The average Bonchev–Trinajstić information content (AvgIpc) is 2.61. The molecule has 1 aromatic rings. The summed E-state index contributed by atoms with van der Waals surface area (Å²) in [5, 5.41) is 0. The fraction of sp³-hybridized carbons (Fsp3) is 0.684. The van der Waals surface area contributed by atoms with Crippen LogP contribution in [0.2, 0.25) is 0 Å². The number of unbranched alkanes of at least 4 members (excludes halogenated alkanes) is 3. The summed E-state index contributed by atoms with van der Waals surface area (Å²) in [5.41, 5.74) is -0.186. The van der Waals surface area contributed by atoms with E-state index in [0.29, 0.717) is 31.1 Å². The van der Waals surface area contributed by atoms with E-state index < -0.39 is 5.60 Å². The third kappa shape index (κ3) is 3.73. The number of hydrogen-bond acceptors (Lipinski definition) is 4. The zero-order valence-electron chi connectivity index (χ0n) is 14.4. The molecule has 0 aliphatic carbocycles. The van der Waals surface area contributed by atoms with Crippen LogP contribution in [0, 0.1) is 5.82 Å². The molecule has 2 aliphatic heterocycles. The third-order valence-corrected chi connectivity index (χ3v) is 4.86. The van der Waals surface area contributed by atoms with Gasteiger partial charge in [-0.3, -0.25) is 0 Å². The molecule has 1 aromatic carbocycles. The van der Waals surface area contributed by atoms with E-state index in [0.717, 1.165) is 25.7 Å². The van der Waals surface area contributed by atoms with Crippen LogP contribution in [-0.2, 0) is 19.8 Å². The van der Waals surface area contributed by atoms with Crippen LogP contribution < -0.4 is 4.74 Å². The van der Waals surface area contributed by atoms with Gasteiger partial charge in [0.15, 0.2) is 0 Å². The normalized spacial score (nSPS) is 26.8. The van der Waals surface area contributed by atoms with Crippen molar-refractivity contribution in [2.24, 2.45) is 0 Å². The second-order valence-electron chi connectivity index (χ2n) is 6.54. The van der Waals surface area contributed by atoms with Crippen LogP contribution >= 0.6 is 0 Å². The van der Waals surface area contributed by atoms with Crippen molar-refractivity contribution in [1.82, 2.24) is 0 Å². The van der Waals surface area contributed by atoms with Gasteiger partial charge >= 0.3 is 0 Å². The summed E-state index contributed by atoms with van der Waals surface area (Å²) in [6, 6.07) is 5.08. The van der Waals surface area contributed by atoms with E-state index in [4.69, 9.17) is 18.9 Å². The maximum absolute atomic E-state index is 14.8. The minimum absolute atomic E-state index is 0.176. The van der Waals surface area contributed by atoms with Crippen molar-refractivity contribution in [2.75, 3.05) is 26.6 Å². The minimum atomic E-state index is -0.736.